The van der Waals surface area contributed by atoms with Crippen LogP contribution in [0.1, 0.15) is 19.1 Å². The summed E-state index contributed by atoms with van der Waals surface area (Å²) in [6.07, 6.45) is 2.64. The van der Waals surface area contributed by atoms with E-state index in [0.717, 1.165) is 5.76 Å². The highest BCUT2D eigenvalue weighted by atomic mass is 32.2. The number of hydrogen-bond acceptors (Lipinski definition) is 4. The van der Waals surface area contributed by atoms with Gasteiger partial charge in [0.25, 0.3) is 0 Å². The molecule has 1 aromatic rings. The summed E-state index contributed by atoms with van der Waals surface area (Å²) < 4.78 is 31.0. The van der Waals surface area contributed by atoms with Crippen LogP contribution in [-0.4, -0.2) is 26.8 Å². The van der Waals surface area contributed by atoms with Gasteiger partial charge < -0.3 is 10.2 Å². The molecule has 92 valence electrons. The fourth-order valence-electron chi connectivity index (χ4n) is 1.40. The van der Waals surface area contributed by atoms with E-state index in [1.807, 2.05) is 13.0 Å². The van der Waals surface area contributed by atoms with Crippen LogP contribution in [0.2, 0.25) is 0 Å². The predicted octanol–water partition coefficient (Wildman–Crippen LogP) is 0.479. The lowest BCUT2D eigenvalue weighted by molar-refractivity contribution is 0.504. The van der Waals surface area contributed by atoms with Crippen molar-refractivity contribution in [3.63, 3.8) is 0 Å². The summed E-state index contributed by atoms with van der Waals surface area (Å²) in [5, 5.41) is -0.510. The summed E-state index contributed by atoms with van der Waals surface area (Å²) in [6, 6.07) is 3.59. The molecule has 1 rings (SSSR count). The highest BCUT2D eigenvalue weighted by Crippen LogP contribution is 2.04. The van der Waals surface area contributed by atoms with E-state index in [-0.39, 0.29) is 6.54 Å². The Balaban J connectivity index is 2.42. The first-order chi connectivity index (χ1) is 7.60. The zero-order valence-electron chi connectivity index (χ0n) is 9.35. The number of rotatable bonds is 7. The Morgan fingerprint density at radius 1 is 1.56 bits per heavy atom. The van der Waals surface area contributed by atoms with Crippen molar-refractivity contribution < 1.29 is 12.8 Å². The lowest BCUT2D eigenvalue weighted by atomic mass is 10.3. The van der Waals surface area contributed by atoms with E-state index >= 15 is 0 Å². The van der Waals surface area contributed by atoms with Crippen molar-refractivity contribution in [1.82, 2.24) is 4.72 Å². The summed E-state index contributed by atoms with van der Waals surface area (Å²) in [4.78, 5) is 0. The molecule has 0 fully saturated rings. The van der Waals surface area contributed by atoms with Gasteiger partial charge in [0.1, 0.15) is 5.76 Å². The van der Waals surface area contributed by atoms with Gasteiger partial charge in [-0.2, -0.15) is 0 Å². The molecule has 6 heteroatoms. The van der Waals surface area contributed by atoms with E-state index in [0.29, 0.717) is 19.4 Å². The van der Waals surface area contributed by atoms with Crippen molar-refractivity contribution in [2.75, 3.05) is 13.1 Å². The van der Waals surface area contributed by atoms with Crippen LogP contribution in [0.15, 0.2) is 22.8 Å². The first kappa shape index (κ1) is 13.2. The largest absolute Gasteiger partial charge is 0.469 e. The number of sulfonamides is 1. The van der Waals surface area contributed by atoms with Crippen LogP contribution in [0.5, 0.6) is 0 Å². The second kappa shape index (κ2) is 6.03. The van der Waals surface area contributed by atoms with E-state index in [9.17, 15) is 8.42 Å². The predicted molar refractivity (Wildman–Crippen MR) is 62.5 cm³/mol. The van der Waals surface area contributed by atoms with Gasteiger partial charge in [0, 0.05) is 19.5 Å². The summed E-state index contributed by atoms with van der Waals surface area (Å²) >= 11 is 0. The Labute approximate surface area is 96.1 Å². The molecule has 0 aliphatic heterocycles. The first-order valence-electron chi connectivity index (χ1n) is 5.31. The fraction of sp³-hybridized carbons (Fsp3) is 0.600. The molecule has 0 radical (unpaired) electrons. The van der Waals surface area contributed by atoms with Crippen LogP contribution in [-0.2, 0) is 16.4 Å². The van der Waals surface area contributed by atoms with E-state index in [1.54, 1.807) is 12.3 Å². The maximum absolute atomic E-state index is 11.7. The van der Waals surface area contributed by atoms with Crippen LogP contribution in [0.3, 0.4) is 0 Å². The van der Waals surface area contributed by atoms with Crippen LogP contribution < -0.4 is 10.5 Å². The summed E-state index contributed by atoms with van der Waals surface area (Å²) in [6.45, 7) is 2.29. The zero-order valence-corrected chi connectivity index (χ0v) is 10.2. The van der Waals surface area contributed by atoms with Gasteiger partial charge in [-0.05, 0) is 18.6 Å². The van der Waals surface area contributed by atoms with E-state index in [4.69, 9.17) is 10.2 Å². The lowest BCUT2D eigenvalue weighted by Gasteiger charge is -2.13. The maximum Gasteiger partial charge on any atom is 0.215 e. The van der Waals surface area contributed by atoms with E-state index in [1.165, 1.54) is 0 Å². The Morgan fingerprint density at radius 3 is 2.81 bits per heavy atom. The van der Waals surface area contributed by atoms with Crippen LogP contribution >= 0.6 is 0 Å². The van der Waals surface area contributed by atoms with Crippen molar-refractivity contribution in [2.24, 2.45) is 5.73 Å². The highest BCUT2D eigenvalue weighted by molar-refractivity contribution is 7.90. The molecule has 0 bridgehead atoms. The molecule has 0 saturated carbocycles. The average Bonchev–Trinajstić information content (AvgIpc) is 2.71. The number of nitrogens with one attached hydrogen (secondary N) is 1. The minimum atomic E-state index is -3.29. The molecule has 0 aliphatic carbocycles. The molecule has 0 aromatic carbocycles. The molecule has 1 aromatic heterocycles. The maximum atomic E-state index is 11.7. The smallest absolute Gasteiger partial charge is 0.215 e. The quantitative estimate of drug-likeness (QED) is 0.732. The molecule has 0 aliphatic rings. The molecule has 0 saturated heterocycles. The molecule has 5 nitrogen and oxygen atoms in total. The minimum Gasteiger partial charge on any atom is -0.469 e. The molecular formula is C10H18N2O3S. The third-order valence-electron chi connectivity index (χ3n) is 2.41. The number of nitrogens with two attached hydrogens (primary N) is 1. The van der Waals surface area contributed by atoms with Gasteiger partial charge in [0.15, 0.2) is 0 Å². The monoisotopic (exact) mass is 246 g/mol. The summed E-state index contributed by atoms with van der Waals surface area (Å²) in [5.74, 6) is 0.767. The minimum absolute atomic E-state index is 0.145. The van der Waals surface area contributed by atoms with Crippen molar-refractivity contribution in [2.45, 2.75) is 25.0 Å². The lowest BCUT2D eigenvalue weighted by Crippen LogP contribution is -2.39. The van der Waals surface area contributed by atoms with E-state index in [2.05, 4.69) is 4.72 Å². The topological polar surface area (TPSA) is 85.3 Å². The van der Waals surface area contributed by atoms with Gasteiger partial charge in [-0.3, -0.25) is 0 Å². The van der Waals surface area contributed by atoms with Crippen molar-refractivity contribution in [3.8, 4) is 0 Å². The normalized spacial score (nSPS) is 13.9. The molecule has 1 unspecified atom stereocenters. The third-order valence-corrected chi connectivity index (χ3v) is 4.42. The molecule has 16 heavy (non-hydrogen) atoms. The van der Waals surface area contributed by atoms with E-state index < -0.39 is 15.3 Å². The Morgan fingerprint density at radius 2 is 2.31 bits per heavy atom. The van der Waals surface area contributed by atoms with Gasteiger partial charge in [-0.15, -0.1) is 0 Å². The summed E-state index contributed by atoms with van der Waals surface area (Å²) in [5.41, 5.74) is 5.40. The van der Waals surface area contributed by atoms with Crippen LogP contribution in [0.4, 0.5) is 0 Å². The number of hydrogen-bond donors (Lipinski definition) is 2. The Hall–Kier alpha value is -0.850. The van der Waals surface area contributed by atoms with Gasteiger partial charge >= 0.3 is 0 Å². The van der Waals surface area contributed by atoms with Crippen LogP contribution in [0, 0.1) is 0 Å². The third kappa shape index (κ3) is 3.62. The number of furan rings is 1. The molecule has 1 heterocycles. The second-order valence-corrected chi connectivity index (χ2v) is 5.58. The Kier molecular flexibility index (Phi) is 4.98. The Bertz CT molecular complexity index is 382. The standard InChI is InChI=1S/C10H18N2O3S/c1-2-10(8-11)16(13,14)12-6-5-9-4-3-7-15-9/h3-4,7,10,12H,2,5-6,8,11H2,1H3. The first-order valence-corrected chi connectivity index (χ1v) is 6.85. The SMILES string of the molecule is CCC(CN)S(=O)(=O)NCCc1ccco1. The zero-order chi connectivity index (χ0) is 12.0. The second-order valence-electron chi connectivity index (χ2n) is 3.53. The highest BCUT2D eigenvalue weighted by Gasteiger charge is 2.21. The molecule has 3 N–H and O–H groups in total. The van der Waals surface area contributed by atoms with Gasteiger partial charge in [0.05, 0.1) is 11.5 Å². The summed E-state index contributed by atoms with van der Waals surface area (Å²) in [7, 11) is -3.29. The molecular weight excluding hydrogens is 228 g/mol. The molecule has 0 spiro atoms. The van der Waals surface area contributed by atoms with Crippen molar-refractivity contribution in [3.05, 3.63) is 24.2 Å². The average molecular weight is 246 g/mol. The molecule has 1 atom stereocenters. The van der Waals surface area contributed by atoms with Gasteiger partial charge in [0.2, 0.25) is 10.0 Å². The molecule has 0 amide bonds. The van der Waals surface area contributed by atoms with Gasteiger partial charge in [-0.1, -0.05) is 6.92 Å². The fourth-order valence-corrected chi connectivity index (χ4v) is 2.72. The van der Waals surface area contributed by atoms with Crippen molar-refractivity contribution in [1.29, 1.82) is 0 Å². The van der Waals surface area contributed by atoms with Gasteiger partial charge in [-0.25, -0.2) is 13.1 Å². The van der Waals surface area contributed by atoms with Crippen LogP contribution in [0.25, 0.3) is 0 Å². The van der Waals surface area contributed by atoms with Crippen molar-refractivity contribution >= 4 is 10.0 Å².